The van der Waals surface area contributed by atoms with Crippen LogP contribution in [0.3, 0.4) is 0 Å². The Balaban J connectivity index is 0.00000392. The van der Waals surface area contributed by atoms with Gasteiger partial charge in [0.05, 0.1) is 11.9 Å². The first-order valence-corrected chi connectivity index (χ1v) is 11.3. The predicted molar refractivity (Wildman–Crippen MR) is 123 cm³/mol. The number of hydrogen-bond donors (Lipinski definition) is 3. The molecular formula is C18H34IN5O3S. The molecule has 0 atom stereocenters. The Morgan fingerprint density at radius 3 is 2.57 bits per heavy atom. The Labute approximate surface area is 185 Å². The van der Waals surface area contributed by atoms with Crippen molar-refractivity contribution in [3.63, 3.8) is 0 Å². The van der Waals surface area contributed by atoms with Gasteiger partial charge in [0, 0.05) is 25.0 Å². The van der Waals surface area contributed by atoms with Crippen molar-refractivity contribution in [2.24, 2.45) is 10.9 Å². The van der Waals surface area contributed by atoms with Gasteiger partial charge in [0.15, 0.2) is 5.96 Å². The molecule has 0 unspecified atom stereocenters. The second kappa shape index (κ2) is 11.3. The Morgan fingerprint density at radius 1 is 1.32 bits per heavy atom. The molecule has 0 aromatic carbocycles. The number of rotatable bonds is 9. The van der Waals surface area contributed by atoms with Gasteiger partial charge >= 0.3 is 0 Å². The molecule has 10 heteroatoms. The van der Waals surface area contributed by atoms with Crippen molar-refractivity contribution in [3.8, 4) is 0 Å². The van der Waals surface area contributed by atoms with E-state index in [2.05, 4.69) is 46.1 Å². The average molecular weight is 527 g/mol. The number of aromatic nitrogens is 1. The van der Waals surface area contributed by atoms with Gasteiger partial charge in [-0.05, 0) is 25.7 Å². The summed E-state index contributed by atoms with van der Waals surface area (Å²) in [5.41, 5.74) is -0.0987. The number of guanidine groups is 1. The highest BCUT2D eigenvalue weighted by molar-refractivity contribution is 14.0. The van der Waals surface area contributed by atoms with Crippen LogP contribution in [0.15, 0.2) is 15.6 Å². The Morgan fingerprint density at radius 2 is 2.04 bits per heavy atom. The van der Waals surface area contributed by atoms with Crippen LogP contribution in [0.5, 0.6) is 0 Å². The molecule has 162 valence electrons. The summed E-state index contributed by atoms with van der Waals surface area (Å²) in [7, 11) is -3.27. The van der Waals surface area contributed by atoms with Crippen LogP contribution in [-0.4, -0.2) is 44.7 Å². The van der Waals surface area contributed by atoms with Crippen LogP contribution in [0.1, 0.15) is 58.6 Å². The number of halogens is 1. The number of sulfonamides is 1. The van der Waals surface area contributed by atoms with Crippen molar-refractivity contribution in [2.45, 2.75) is 58.9 Å². The third-order valence-corrected chi connectivity index (χ3v) is 5.84. The first-order chi connectivity index (χ1) is 12.7. The van der Waals surface area contributed by atoms with Crippen molar-refractivity contribution in [3.05, 3.63) is 17.8 Å². The van der Waals surface area contributed by atoms with Gasteiger partial charge in [-0.15, -0.1) is 24.0 Å². The molecular weight excluding hydrogens is 493 g/mol. The summed E-state index contributed by atoms with van der Waals surface area (Å²) in [6, 6.07) is 0. The van der Waals surface area contributed by atoms with Gasteiger partial charge in [0.1, 0.15) is 12.3 Å². The van der Waals surface area contributed by atoms with Crippen LogP contribution in [0.4, 0.5) is 0 Å². The second-order valence-corrected chi connectivity index (χ2v) is 9.88. The van der Waals surface area contributed by atoms with Crippen LogP contribution < -0.4 is 15.4 Å². The van der Waals surface area contributed by atoms with E-state index in [-0.39, 0.29) is 48.2 Å². The van der Waals surface area contributed by atoms with Crippen molar-refractivity contribution in [2.75, 3.05) is 25.4 Å². The van der Waals surface area contributed by atoms with E-state index in [9.17, 15) is 8.42 Å². The van der Waals surface area contributed by atoms with Gasteiger partial charge in [-0.1, -0.05) is 27.2 Å². The maximum Gasteiger partial charge on any atom is 0.216 e. The molecule has 3 N–H and O–H groups in total. The molecule has 1 aliphatic rings. The monoisotopic (exact) mass is 527 g/mol. The zero-order valence-corrected chi connectivity index (χ0v) is 20.4. The van der Waals surface area contributed by atoms with Crippen LogP contribution >= 0.6 is 24.0 Å². The first kappa shape index (κ1) is 25.2. The number of oxazole rings is 1. The van der Waals surface area contributed by atoms with Crippen molar-refractivity contribution < 1.29 is 12.8 Å². The van der Waals surface area contributed by atoms with Crippen molar-refractivity contribution in [1.82, 2.24) is 20.3 Å². The normalized spacial score (nSPS) is 15.6. The predicted octanol–water partition coefficient (Wildman–Crippen LogP) is 2.36. The lowest BCUT2D eigenvalue weighted by Crippen LogP contribution is -2.42. The third kappa shape index (κ3) is 8.64. The highest BCUT2D eigenvalue weighted by Gasteiger charge is 2.20. The molecule has 0 amide bonds. The molecule has 8 nitrogen and oxygen atoms in total. The molecule has 0 radical (unpaired) electrons. The minimum Gasteiger partial charge on any atom is -0.443 e. The fraction of sp³-hybridized carbons (Fsp3) is 0.778. The lowest BCUT2D eigenvalue weighted by molar-refractivity contribution is 0.316. The van der Waals surface area contributed by atoms with Crippen molar-refractivity contribution >= 4 is 40.0 Å². The standard InChI is InChI=1S/C18H33N5O3S.HI/c1-5-19-17(22-13-16-21-12-15(26-16)18(2,3)4)20-9-10-27(24,25)23-11-14-7-6-8-14;/h12,14,23H,5-11,13H2,1-4H3,(H2,19,20,22);1H. The lowest BCUT2D eigenvalue weighted by Gasteiger charge is -2.25. The Bertz CT molecular complexity index is 724. The molecule has 1 saturated carbocycles. The molecule has 0 aliphatic heterocycles. The highest BCUT2D eigenvalue weighted by atomic mass is 127. The fourth-order valence-corrected chi connectivity index (χ4v) is 3.54. The lowest BCUT2D eigenvalue weighted by atomic mass is 9.86. The Hall–Kier alpha value is -0.880. The van der Waals surface area contributed by atoms with E-state index in [1.165, 1.54) is 6.42 Å². The SMILES string of the molecule is CCNC(=NCc1ncc(C(C)(C)C)o1)NCCS(=O)(=O)NCC1CCC1.I. The Kier molecular flexibility index (Phi) is 10.2. The highest BCUT2D eigenvalue weighted by Crippen LogP contribution is 2.25. The zero-order chi connectivity index (χ0) is 19.9. The van der Waals surface area contributed by atoms with Crippen LogP contribution in [0.25, 0.3) is 0 Å². The summed E-state index contributed by atoms with van der Waals surface area (Å²) < 4.78 is 32.5. The summed E-state index contributed by atoms with van der Waals surface area (Å²) in [6.45, 7) is 9.94. The second-order valence-electron chi connectivity index (χ2n) is 7.95. The molecule has 1 aromatic rings. The van der Waals surface area contributed by atoms with E-state index in [4.69, 9.17) is 4.42 Å². The molecule has 2 rings (SSSR count). The summed E-state index contributed by atoms with van der Waals surface area (Å²) >= 11 is 0. The average Bonchev–Trinajstić information content (AvgIpc) is 3.00. The van der Waals surface area contributed by atoms with Gasteiger partial charge in [-0.3, -0.25) is 0 Å². The largest absolute Gasteiger partial charge is 0.443 e. The van der Waals surface area contributed by atoms with E-state index in [0.717, 1.165) is 18.6 Å². The maximum absolute atomic E-state index is 12.1. The van der Waals surface area contributed by atoms with Gasteiger partial charge in [-0.25, -0.2) is 23.1 Å². The van der Waals surface area contributed by atoms with Crippen LogP contribution in [0, 0.1) is 5.92 Å². The third-order valence-electron chi connectivity index (χ3n) is 4.49. The molecule has 0 spiro atoms. The van der Waals surface area contributed by atoms with E-state index in [1.807, 2.05) is 6.92 Å². The minimum absolute atomic E-state index is 0. The fourth-order valence-electron chi connectivity index (χ4n) is 2.54. The quantitative estimate of drug-likeness (QED) is 0.259. The number of nitrogens with one attached hydrogen (secondary N) is 3. The first-order valence-electron chi connectivity index (χ1n) is 9.64. The minimum atomic E-state index is -3.27. The number of aliphatic imine (C=N–C) groups is 1. The van der Waals surface area contributed by atoms with Gasteiger partial charge in [0.25, 0.3) is 0 Å². The van der Waals surface area contributed by atoms with E-state index < -0.39 is 10.0 Å². The summed E-state index contributed by atoms with van der Waals surface area (Å²) in [5, 5.41) is 6.15. The van der Waals surface area contributed by atoms with Gasteiger partial charge in [0.2, 0.25) is 15.9 Å². The topological polar surface area (TPSA) is 109 Å². The maximum atomic E-state index is 12.1. The smallest absolute Gasteiger partial charge is 0.216 e. The summed E-state index contributed by atoms with van der Waals surface area (Å²) in [5.74, 6) is 2.41. The van der Waals surface area contributed by atoms with E-state index in [1.54, 1.807) is 6.20 Å². The molecule has 28 heavy (non-hydrogen) atoms. The number of nitrogens with zero attached hydrogens (tertiary/aromatic N) is 2. The number of hydrogen-bond acceptors (Lipinski definition) is 5. The van der Waals surface area contributed by atoms with Gasteiger partial charge < -0.3 is 15.1 Å². The zero-order valence-electron chi connectivity index (χ0n) is 17.2. The van der Waals surface area contributed by atoms with Crippen molar-refractivity contribution in [1.29, 1.82) is 0 Å². The molecule has 1 heterocycles. The van der Waals surface area contributed by atoms with E-state index >= 15 is 0 Å². The van der Waals surface area contributed by atoms with Gasteiger partial charge in [-0.2, -0.15) is 0 Å². The molecule has 1 aliphatic carbocycles. The molecule has 0 bridgehead atoms. The summed E-state index contributed by atoms with van der Waals surface area (Å²) in [6.07, 6.45) is 5.18. The van der Waals surface area contributed by atoms with Crippen LogP contribution in [0.2, 0.25) is 0 Å². The molecule has 0 saturated heterocycles. The molecule has 1 aromatic heterocycles. The summed E-state index contributed by atoms with van der Waals surface area (Å²) in [4.78, 5) is 8.67. The molecule has 1 fully saturated rings. The van der Waals surface area contributed by atoms with Crippen LogP contribution in [-0.2, 0) is 22.0 Å². The van der Waals surface area contributed by atoms with E-state index in [0.29, 0.717) is 30.9 Å².